The normalized spacial score (nSPS) is 13.6. The molecule has 3 heterocycles. The Morgan fingerprint density at radius 2 is 1.36 bits per heavy atom. The molecule has 0 atom stereocenters. The van der Waals surface area contributed by atoms with E-state index in [0.717, 1.165) is 55.7 Å². The van der Waals surface area contributed by atoms with Crippen molar-refractivity contribution < 1.29 is 14.3 Å². The number of anilines is 2. The second kappa shape index (κ2) is 15.0. The lowest BCUT2D eigenvalue weighted by Gasteiger charge is -2.19. The Balaban J connectivity index is 0.000000177. The summed E-state index contributed by atoms with van der Waals surface area (Å²) in [4.78, 5) is 25.1. The van der Waals surface area contributed by atoms with E-state index < -0.39 is 0 Å². The molecule has 0 spiro atoms. The van der Waals surface area contributed by atoms with Crippen molar-refractivity contribution in [2.24, 2.45) is 0 Å². The van der Waals surface area contributed by atoms with Crippen LogP contribution in [0.4, 0.5) is 11.4 Å². The Labute approximate surface area is 280 Å². The lowest BCUT2D eigenvalue weighted by atomic mass is 10.00. The Kier molecular flexibility index (Phi) is 11.1. The quantitative estimate of drug-likeness (QED) is 0.164. The molecule has 12 heteroatoms. The van der Waals surface area contributed by atoms with Gasteiger partial charge >= 0.3 is 0 Å². The summed E-state index contributed by atoms with van der Waals surface area (Å²) in [6.45, 7) is 5.80. The number of amides is 2. The average molecular weight is 692 g/mol. The van der Waals surface area contributed by atoms with Crippen molar-refractivity contribution in [2.75, 3.05) is 30.3 Å². The number of carbonyl (C=O) groups is 2. The molecule has 2 amide bonds. The van der Waals surface area contributed by atoms with Crippen LogP contribution in [-0.4, -0.2) is 31.5 Å². The van der Waals surface area contributed by atoms with Crippen molar-refractivity contribution >= 4 is 80.9 Å². The number of rotatable bonds is 6. The molecule has 0 radical (unpaired) electrons. The van der Waals surface area contributed by atoms with E-state index in [1.165, 1.54) is 16.9 Å². The molecule has 0 saturated heterocycles. The zero-order valence-corrected chi connectivity index (χ0v) is 27.6. The fourth-order valence-corrected chi connectivity index (χ4v) is 6.87. The molecule has 2 aliphatic heterocycles. The maximum atomic E-state index is 12.4. The summed E-state index contributed by atoms with van der Waals surface area (Å²) >= 11 is 25.9. The maximum Gasteiger partial charge on any atom is 0.265 e. The van der Waals surface area contributed by atoms with E-state index in [1.807, 2.05) is 19.1 Å². The Hall–Kier alpha value is -2.82. The molecule has 44 heavy (non-hydrogen) atoms. The smallest absolute Gasteiger partial charge is 0.265 e. The van der Waals surface area contributed by atoms with Gasteiger partial charge in [-0.3, -0.25) is 9.59 Å². The summed E-state index contributed by atoms with van der Waals surface area (Å²) in [5, 5.41) is 14.2. The van der Waals surface area contributed by atoms with E-state index in [1.54, 1.807) is 42.5 Å². The first-order chi connectivity index (χ1) is 21.2. The summed E-state index contributed by atoms with van der Waals surface area (Å²) in [5.41, 5.74) is 6.44. The standard InChI is InChI=1S/C18H18Cl2N2O2.C14H12Cl2N2OS/c1-2-24-17-4-3-11(8-16(17)20)18(23)22-13-7-12-10-21-6-5-14(12)15(19)9-13;15-11-6-9(5-8-7-17-4-3-10(8)11)18-14(19)12-1-2-13(16)20-12/h3-4,7-9,21H,2,5-6,10H2,1H3,(H,22,23);1-2,5-6,17H,3-4,7H2,(H,18,19). The summed E-state index contributed by atoms with van der Waals surface area (Å²) in [6.07, 6.45) is 1.82. The van der Waals surface area contributed by atoms with Gasteiger partial charge in [-0.05, 0) is 110 Å². The molecule has 6 rings (SSSR count). The van der Waals surface area contributed by atoms with Crippen molar-refractivity contribution in [1.82, 2.24) is 10.6 Å². The van der Waals surface area contributed by atoms with E-state index in [-0.39, 0.29) is 11.8 Å². The van der Waals surface area contributed by atoms with Crippen molar-refractivity contribution in [3.63, 3.8) is 0 Å². The van der Waals surface area contributed by atoms with Crippen LogP contribution in [0, 0.1) is 0 Å². The minimum atomic E-state index is -0.236. The first-order valence-corrected chi connectivity index (χ1v) is 16.4. The lowest BCUT2D eigenvalue weighted by Crippen LogP contribution is -2.24. The molecule has 2 aliphatic rings. The average Bonchev–Trinajstić information content (AvgIpc) is 3.45. The van der Waals surface area contributed by atoms with E-state index in [0.29, 0.717) is 53.6 Å². The number of halogens is 4. The van der Waals surface area contributed by atoms with Crippen LogP contribution in [0.3, 0.4) is 0 Å². The highest BCUT2D eigenvalue weighted by molar-refractivity contribution is 7.18. The summed E-state index contributed by atoms with van der Waals surface area (Å²) in [6, 6.07) is 15.9. The van der Waals surface area contributed by atoms with E-state index in [4.69, 9.17) is 51.1 Å². The number of nitrogens with one attached hydrogen (secondary N) is 4. The van der Waals surface area contributed by atoms with Crippen molar-refractivity contribution in [3.8, 4) is 5.75 Å². The molecule has 0 unspecified atom stereocenters. The van der Waals surface area contributed by atoms with Crippen LogP contribution in [0.1, 0.15) is 49.2 Å². The van der Waals surface area contributed by atoms with Gasteiger partial charge in [-0.2, -0.15) is 0 Å². The number of thiophene rings is 1. The van der Waals surface area contributed by atoms with Gasteiger partial charge in [0.15, 0.2) is 0 Å². The van der Waals surface area contributed by atoms with Gasteiger partial charge in [-0.15, -0.1) is 11.3 Å². The van der Waals surface area contributed by atoms with Gasteiger partial charge in [0.2, 0.25) is 0 Å². The molecule has 1 aromatic heterocycles. The number of fused-ring (bicyclic) bond motifs is 2. The van der Waals surface area contributed by atoms with Gasteiger partial charge in [-0.1, -0.05) is 46.4 Å². The molecule has 230 valence electrons. The minimum Gasteiger partial charge on any atom is -0.492 e. The second-order valence-corrected chi connectivity index (χ2v) is 13.1. The highest BCUT2D eigenvalue weighted by Gasteiger charge is 2.17. The highest BCUT2D eigenvalue weighted by atomic mass is 35.5. The van der Waals surface area contributed by atoms with Crippen molar-refractivity contribution in [1.29, 1.82) is 0 Å². The molecule has 3 aromatic carbocycles. The highest BCUT2D eigenvalue weighted by Crippen LogP contribution is 2.31. The fourth-order valence-electron chi connectivity index (χ4n) is 5.03. The molecular formula is C32H30Cl4N4O3S. The number of hydrogen-bond acceptors (Lipinski definition) is 6. The minimum absolute atomic E-state index is 0.165. The largest absolute Gasteiger partial charge is 0.492 e. The van der Waals surface area contributed by atoms with Crippen molar-refractivity contribution in [2.45, 2.75) is 32.9 Å². The molecule has 7 nitrogen and oxygen atoms in total. The number of hydrogen-bond donors (Lipinski definition) is 4. The zero-order chi connectivity index (χ0) is 31.2. The van der Waals surface area contributed by atoms with Gasteiger partial charge in [0, 0.05) is 40.1 Å². The van der Waals surface area contributed by atoms with E-state index >= 15 is 0 Å². The van der Waals surface area contributed by atoms with Crippen LogP contribution in [0.2, 0.25) is 19.4 Å². The van der Waals surface area contributed by atoms with Gasteiger partial charge < -0.3 is 26.0 Å². The van der Waals surface area contributed by atoms with Crippen LogP contribution in [-0.2, 0) is 25.9 Å². The third-order valence-corrected chi connectivity index (χ3v) is 9.32. The first kappa shape index (κ1) is 32.6. The summed E-state index contributed by atoms with van der Waals surface area (Å²) in [5.74, 6) is 0.167. The predicted molar refractivity (Wildman–Crippen MR) is 182 cm³/mol. The van der Waals surface area contributed by atoms with Crippen LogP contribution in [0.25, 0.3) is 0 Å². The van der Waals surface area contributed by atoms with Gasteiger partial charge in [0.05, 0.1) is 20.8 Å². The SMILES string of the molecule is CCOc1ccc(C(=O)Nc2cc(Cl)c3c(c2)CNCC3)cc1Cl.O=C(Nc1cc(Cl)c2c(c1)CNCC2)c1ccc(Cl)s1. The molecule has 0 saturated carbocycles. The first-order valence-electron chi connectivity index (χ1n) is 14.1. The Morgan fingerprint density at radius 1 is 0.773 bits per heavy atom. The number of carbonyl (C=O) groups excluding carboxylic acids is 2. The van der Waals surface area contributed by atoms with Crippen LogP contribution < -0.4 is 26.0 Å². The van der Waals surface area contributed by atoms with Gasteiger partial charge in [-0.25, -0.2) is 0 Å². The van der Waals surface area contributed by atoms with E-state index in [9.17, 15) is 9.59 Å². The maximum absolute atomic E-state index is 12.4. The van der Waals surface area contributed by atoms with Crippen LogP contribution >= 0.6 is 57.7 Å². The third-order valence-electron chi connectivity index (χ3n) is 7.12. The summed E-state index contributed by atoms with van der Waals surface area (Å²) < 4.78 is 5.98. The Bertz CT molecular complexity index is 1690. The van der Waals surface area contributed by atoms with Gasteiger partial charge in [0.25, 0.3) is 11.8 Å². The van der Waals surface area contributed by atoms with Crippen molar-refractivity contribution in [3.05, 3.63) is 107 Å². The Morgan fingerprint density at radius 3 is 1.89 bits per heavy atom. The molecule has 0 fully saturated rings. The third kappa shape index (κ3) is 8.06. The summed E-state index contributed by atoms with van der Waals surface area (Å²) in [7, 11) is 0. The molecule has 0 aliphatic carbocycles. The lowest BCUT2D eigenvalue weighted by molar-refractivity contribution is 0.102. The predicted octanol–water partition coefficient (Wildman–Crippen LogP) is 8.24. The second-order valence-electron chi connectivity index (χ2n) is 10.1. The molecule has 4 aromatic rings. The number of ether oxygens (including phenoxy) is 1. The number of benzene rings is 3. The fraction of sp³-hybridized carbons (Fsp3) is 0.250. The monoisotopic (exact) mass is 690 g/mol. The van der Waals surface area contributed by atoms with Crippen LogP contribution in [0.15, 0.2) is 54.6 Å². The molecule has 0 bridgehead atoms. The van der Waals surface area contributed by atoms with E-state index in [2.05, 4.69) is 21.3 Å². The zero-order valence-electron chi connectivity index (χ0n) is 23.8. The molecule has 4 N–H and O–H groups in total. The molecular weight excluding hydrogens is 662 g/mol. The van der Waals surface area contributed by atoms with Crippen LogP contribution in [0.5, 0.6) is 5.75 Å². The topological polar surface area (TPSA) is 91.5 Å². The van der Waals surface area contributed by atoms with Gasteiger partial charge in [0.1, 0.15) is 5.75 Å².